The highest BCUT2D eigenvalue weighted by Crippen LogP contribution is 2.09. The summed E-state index contributed by atoms with van der Waals surface area (Å²) in [5.74, 6) is 0. The van der Waals surface area contributed by atoms with Crippen LogP contribution in [0.15, 0.2) is 12.8 Å². The van der Waals surface area contributed by atoms with Gasteiger partial charge in [-0.25, -0.2) is 0 Å². The normalized spacial score (nSPS) is 10.2. The third-order valence-electron chi connectivity index (χ3n) is 2.54. The van der Waals surface area contributed by atoms with Gasteiger partial charge < -0.3 is 9.84 Å². The van der Waals surface area contributed by atoms with Crippen LogP contribution in [0.1, 0.15) is 57.8 Å². The van der Waals surface area contributed by atoms with Crippen molar-refractivity contribution in [3.63, 3.8) is 0 Å². The van der Waals surface area contributed by atoms with E-state index < -0.39 is 0 Å². The molecule has 0 aliphatic heterocycles. The topological polar surface area (TPSA) is 29.5 Å². The second-order valence-corrected chi connectivity index (χ2v) is 3.94. The number of aliphatic hydroxyl groups is 1. The summed E-state index contributed by atoms with van der Waals surface area (Å²) in [6.07, 6.45) is 12.7. The summed E-state index contributed by atoms with van der Waals surface area (Å²) in [6.45, 7) is 4.67. The molecule has 2 nitrogen and oxygen atoms in total. The highest BCUT2D eigenvalue weighted by molar-refractivity contribution is 4.50. The maximum absolute atomic E-state index is 8.59. The molecule has 0 saturated carbocycles. The molecule has 0 aliphatic rings. The van der Waals surface area contributed by atoms with Gasteiger partial charge in [0.15, 0.2) is 0 Å². The summed E-state index contributed by atoms with van der Waals surface area (Å²) in [5, 5.41) is 8.59. The Morgan fingerprint density at radius 1 is 0.800 bits per heavy atom. The third-order valence-corrected chi connectivity index (χ3v) is 2.54. The van der Waals surface area contributed by atoms with Gasteiger partial charge in [-0.1, -0.05) is 51.5 Å². The average molecular weight is 214 g/mol. The number of unbranched alkanes of at least 4 members (excludes halogenated alkanes) is 8. The van der Waals surface area contributed by atoms with Crippen molar-refractivity contribution >= 4 is 0 Å². The van der Waals surface area contributed by atoms with Crippen LogP contribution in [0.4, 0.5) is 0 Å². The molecule has 0 unspecified atom stereocenters. The van der Waals surface area contributed by atoms with Crippen molar-refractivity contribution in [2.45, 2.75) is 57.8 Å². The van der Waals surface area contributed by atoms with Crippen LogP contribution in [0.25, 0.3) is 0 Å². The maximum atomic E-state index is 8.59. The summed E-state index contributed by atoms with van der Waals surface area (Å²) in [7, 11) is 0. The van der Waals surface area contributed by atoms with Crippen LogP contribution < -0.4 is 0 Å². The van der Waals surface area contributed by atoms with Gasteiger partial charge in [0.05, 0.1) is 12.9 Å². The summed E-state index contributed by atoms with van der Waals surface area (Å²) in [5.41, 5.74) is 0. The summed E-state index contributed by atoms with van der Waals surface area (Å²) >= 11 is 0. The van der Waals surface area contributed by atoms with E-state index in [2.05, 4.69) is 6.58 Å². The Morgan fingerprint density at radius 2 is 1.27 bits per heavy atom. The monoisotopic (exact) mass is 214 g/mol. The fourth-order valence-electron chi connectivity index (χ4n) is 1.62. The average Bonchev–Trinajstić information content (AvgIpc) is 2.26. The van der Waals surface area contributed by atoms with Crippen LogP contribution >= 0.6 is 0 Å². The Morgan fingerprint density at radius 3 is 1.73 bits per heavy atom. The van der Waals surface area contributed by atoms with E-state index in [0.717, 1.165) is 19.4 Å². The Kier molecular flexibility index (Phi) is 13.1. The van der Waals surface area contributed by atoms with Crippen molar-refractivity contribution in [2.75, 3.05) is 13.2 Å². The van der Waals surface area contributed by atoms with Gasteiger partial charge in [0, 0.05) is 6.61 Å². The largest absolute Gasteiger partial charge is 0.502 e. The molecule has 90 valence electrons. The van der Waals surface area contributed by atoms with Crippen molar-refractivity contribution < 1.29 is 9.84 Å². The molecule has 15 heavy (non-hydrogen) atoms. The van der Waals surface area contributed by atoms with Crippen molar-refractivity contribution in [1.82, 2.24) is 0 Å². The zero-order chi connectivity index (χ0) is 11.2. The fraction of sp³-hybridized carbons (Fsp3) is 0.846. The second-order valence-electron chi connectivity index (χ2n) is 3.94. The lowest BCUT2D eigenvalue weighted by atomic mass is 10.1. The highest BCUT2D eigenvalue weighted by atomic mass is 16.5. The molecule has 0 radical (unpaired) electrons. The van der Waals surface area contributed by atoms with E-state index in [1.807, 2.05) is 0 Å². The van der Waals surface area contributed by atoms with Gasteiger partial charge in [0.25, 0.3) is 0 Å². The first-order chi connectivity index (χ1) is 7.41. The van der Waals surface area contributed by atoms with Crippen molar-refractivity contribution in [1.29, 1.82) is 0 Å². The van der Waals surface area contributed by atoms with Crippen LogP contribution in [-0.2, 0) is 4.74 Å². The molecule has 0 amide bonds. The van der Waals surface area contributed by atoms with E-state index in [0.29, 0.717) is 6.61 Å². The van der Waals surface area contributed by atoms with Crippen molar-refractivity contribution in [2.24, 2.45) is 0 Å². The van der Waals surface area contributed by atoms with E-state index in [9.17, 15) is 0 Å². The smallest absolute Gasteiger partial charge is 0.0873 e. The molecule has 0 atom stereocenters. The highest BCUT2D eigenvalue weighted by Gasteiger charge is 1.92. The summed E-state index contributed by atoms with van der Waals surface area (Å²) in [6, 6.07) is 0. The minimum atomic E-state index is 0.350. The minimum Gasteiger partial charge on any atom is -0.502 e. The Bertz CT molecular complexity index is 124. The van der Waals surface area contributed by atoms with Gasteiger partial charge in [-0.2, -0.15) is 0 Å². The lowest BCUT2D eigenvalue weighted by Gasteiger charge is -2.02. The number of rotatable bonds is 12. The molecular weight excluding hydrogens is 188 g/mol. The van der Waals surface area contributed by atoms with E-state index in [1.54, 1.807) is 0 Å². The molecule has 0 saturated heterocycles. The van der Waals surface area contributed by atoms with Crippen molar-refractivity contribution in [3.05, 3.63) is 12.8 Å². The number of hydrogen-bond donors (Lipinski definition) is 1. The minimum absolute atomic E-state index is 0.350. The molecule has 0 bridgehead atoms. The Hall–Kier alpha value is -0.500. The molecule has 0 rings (SSSR count). The fourth-order valence-corrected chi connectivity index (χ4v) is 1.62. The molecule has 0 fully saturated rings. The predicted molar refractivity (Wildman–Crippen MR) is 64.8 cm³/mol. The third kappa shape index (κ3) is 13.5. The van der Waals surface area contributed by atoms with E-state index in [4.69, 9.17) is 9.84 Å². The van der Waals surface area contributed by atoms with Crippen LogP contribution in [0.2, 0.25) is 0 Å². The molecule has 0 aromatic rings. The lowest BCUT2D eigenvalue weighted by Crippen LogP contribution is -1.88. The Balaban J connectivity index is 2.83. The van der Waals surface area contributed by atoms with Crippen LogP contribution in [-0.4, -0.2) is 18.3 Å². The van der Waals surface area contributed by atoms with Gasteiger partial charge in [-0.05, 0) is 12.8 Å². The molecular formula is C13H26O2. The molecule has 0 spiro atoms. The van der Waals surface area contributed by atoms with Crippen LogP contribution in [0, 0.1) is 0 Å². The van der Waals surface area contributed by atoms with Crippen LogP contribution in [0.5, 0.6) is 0 Å². The first kappa shape index (κ1) is 14.5. The zero-order valence-corrected chi connectivity index (χ0v) is 9.92. The van der Waals surface area contributed by atoms with E-state index in [1.165, 1.54) is 51.2 Å². The van der Waals surface area contributed by atoms with Crippen LogP contribution in [0.3, 0.4) is 0 Å². The summed E-state index contributed by atoms with van der Waals surface area (Å²) < 4.78 is 5.05. The number of ether oxygens (including phenoxy) is 1. The standard InChI is InChI=1S/C13H26O2/c1-2-15-13-11-9-7-5-3-4-6-8-10-12-14/h2,14H,1,3-13H2. The molecule has 0 aromatic heterocycles. The molecule has 0 aliphatic carbocycles. The first-order valence-corrected chi connectivity index (χ1v) is 6.25. The molecule has 1 N–H and O–H groups in total. The van der Waals surface area contributed by atoms with E-state index in [-0.39, 0.29) is 0 Å². The first-order valence-electron chi connectivity index (χ1n) is 6.25. The quantitative estimate of drug-likeness (QED) is 0.397. The second kappa shape index (κ2) is 13.5. The van der Waals surface area contributed by atoms with Gasteiger partial charge in [-0.3, -0.25) is 0 Å². The lowest BCUT2D eigenvalue weighted by molar-refractivity contribution is 0.241. The summed E-state index contributed by atoms with van der Waals surface area (Å²) in [4.78, 5) is 0. The Labute approximate surface area is 94.3 Å². The number of aliphatic hydroxyl groups excluding tert-OH is 1. The van der Waals surface area contributed by atoms with Gasteiger partial charge in [-0.15, -0.1) is 0 Å². The molecule has 2 heteroatoms. The van der Waals surface area contributed by atoms with Crippen molar-refractivity contribution in [3.8, 4) is 0 Å². The molecule has 0 aromatic carbocycles. The number of hydrogen-bond acceptors (Lipinski definition) is 2. The van der Waals surface area contributed by atoms with Gasteiger partial charge in [0.1, 0.15) is 0 Å². The van der Waals surface area contributed by atoms with Gasteiger partial charge in [0.2, 0.25) is 0 Å². The van der Waals surface area contributed by atoms with E-state index >= 15 is 0 Å². The maximum Gasteiger partial charge on any atom is 0.0873 e. The zero-order valence-electron chi connectivity index (χ0n) is 9.92. The molecule has 0 heterocycles. The predicted octanol–water partition coefficient (Wildman–Crippen LogP) is 3.65. The van der Waals surface area contributed by atoms with Gasteiger partial charge >= 0.3 is 0 Å². The SMILES string of the molecule is C=COCCCCCCCCCCCO.